The maximum absolute atomic E-state index is 11.4. The zero-order chi connectivity index (χ0) is 11.3. The second kappa shape index (κ2) is 5.32. The largest absolute Gasteiger partial charge is 0.450 e. The molecule has 0 aromatic heterocycles. The van der Waals surface area contributed by atoms with Crippen LogP contribution in [0, 0.1) is 0 Å². The summed E-state index contributed by atoms with van der Waals surface area (Å²) in [4.78, 5) is 13.1. The number of likely N-dealkylation sites (tertiary alicyclic amines) is 1. The van der Waals surface area contributed by atoms with Gasteiger partial charge in [-0.15, -0.1) is 0 Å². The number of nitrogens with zero attached hydrogens (tertiary/aromatic N) is 1. The minimum atomic E-state index is -0.525. The van der Waals surface area contributed by atoms with E-state index in [0.717, 1.165) is 0 Å². The van der Waals surface area contributed by atoms with Crippen LogP contribution in [0.25, 0.3) is 0 Å². The molecule has 15 heavy (non-hydrogen) atoms. The molecule has 5 heteroatoms. The van der Waals surface area contributed by atoms with Gasteiger partial charge in [-0.1, -0.05) is 0 Å². The van der Waals surface area contributed by atoms with Gasteiger partial charge in [-0.05, 0) is 6.92 Å². The van der Waals surface area contributed by atoms with Crippen LogP contribution in [-0.2, 0) is 14.2 Å². The van der Waals surface area contributed by atoms with E-state index in [0.29, 0.717) is 32.5 Å². The summed E-state index contributed by atoms with van der Waals surface area (Å²) < 4.78 is 15.6. The first-order chi connectivity index (χ1) is 7.17. The number of ether oxygens (including phenoxy) is 3. The lowest BCUT2D eigenvalue weighted by molar-refractivity contribution is -0.227. The van der Waals surface area contributed by atoms with Crippen molar-refractivity contribution >= 4 is 6.09 Å². The second-order valence-electron chi connectivity index (χ2n) is 3.50. The van der Waals surface area contributed by atoms with Crippen LogP contribution in [0.5, 0.6) is 0 Å². The smallest absolute Gasteiger partial charge is 0.409 e. The molecule has 5 nitrogen and oxygen atoms in total. The molecular weight excluding hydrogens is 198 g/mol. The van der Waals surface area contributed by atoms with Gasteiger partial charge in [0.1, 0.15) is 0 Å². The lowest BCUT2D eigenvalue weighted by atomic mass is 10.0. The highest BCUT2D eigenvalue weighted by Gasteiger charge is 2.36. The van der Waals surface area contributed by atoms with Crippen LogP contribution in [-0.4, -0.2) is 50.7 Å². The molecule has 0 radical (unpaired) electrons. The Morgan fingerprint density at radius 2 is 1.80 bits per heavy atom. The van der Waals surface area contributed by atoms with Crippen LogP contribution < -0.4 is 0 Å². The van der Waals surface area contributed by atoms with Crippen molar-refractivity contribution in [2.24, 2.45) is 0 Å². The fourth-order valence-corrected chi connectivity index (χ4v) is 1.74. The number of hydrogen-bond acceptors (Lipinski definition) is 4. The summed E-state index contributed by atoms with van der Waals surface area (Å²) >= 11 is 0. The van der Waals surface area contributed by atoms with Gasteiger partial charge in [-0.3, -0.25) is 0 Å². The Balaban J connectivity index is 2.44. The number of methoxy groups -OCH3 is 2. The van der Waals surface area contributed by atoms with E-state index in [1.807, 2.05) is 0 Å². The molecule has 0 aromatic rings. The highest BCUT2D eigenvalue weighted by Crippen LogP contribution is 2.26. The number of rotatable bonds is 3. The maximum Gasteiger partial charge on any atom is 0.409 e. The molecule has 1 heterocycles. The molecule has 1 saturated heterocycles. The molecule has 88 valence electrons. The summed E-state index contributed by atoms with van der Waals surface area (Å²) in [6.07, 6.45) is 1.11. The topological polar surface area (TPSA) is 48.0 Å². The molecule has 0 aliphatic carbocycles. The zero-order valence-corrected chi connectivity index (χ0v) is 9.62. The van der Waals surface area contributed by atoms with E-state index in [-0.39, 0.29) is 6.09 Å². The average molecular weight is 217 g/mol. The molecule has 0 spiro atoms. The summed E-state index contributed by atoms with van der Waals surface area (Å²) in [5.74, 6) is -0.525. The van der Waals surface area contributed by atoms with Crippen molar-refractivity contribution in [3.05, 3.63) is 0 Å². The van der Waals surface area contributed by atoms with Gasteiger partial charge in [-0.2, -0.15) is 0 Å². The Hall–Kier alpha value is -0.810. The van der Waals surface area contributed by atoms with Crippen molar-refractivity contribution in [3.8, 4) is 0 Å². The third kappa shape index (κ3) is 2.82. The van der Waals surface area contributed by atoms with Crippen molar-refractivity contribution < 1.29 is 19.0 Å². The van der Waals surface area contributed by atoms with E-state index in [2.05, 4.69) is 0 Å². The molecule has 1 amide bonds. The maximum atomic E-state index is 11.4. The molecule has 0 saturated carbocycles. The first-order valence-electron chi connectivity index (χ1n) is 5.19. The highest BCUT2D eigenvalue weighted by molar-refractivity contribution is 5.67. The molecule has 1 fully saturated rings. The lowest BCUT2D eigenvalue weighted by Gasteiger charge is -2.38. The van der Waals surface area contributed by atoms with Gasteiger partial charge < -0.3 is 19.1 Å². The lowest BCUT2D eigenvalue weighted by Crippen LogP contribution is -2.48. The van der Waals surface area contributed by atoms with Crippen LogP contribution in [0.4, 0.5) is 4.79 Å². The molecule has 0 bridgehead atoms. The summed E-state index contributed by atoms with van der Waals surface area (Å²) in [6.45, 7) is 3.44. The van der Waals surface area contributed by atoms with Crippen molar-refractivity contribution in [2.45, 2.75) is 25.6 Å². The summed E-state index contributed by atoms with van der Waals surface area (Å²) in [7, 11) is 3.26. The fourth-order valence-electron chi connectivity index (χ4n) is 1.74. The third-order valence-electron chi connectivity index (χ3n) is 2.80. The molecule has 0 N–H and O–H groups in total. The van der Waals surface area contributed by atoms with Gasteiger partial charge >= 0.3 is 6.09 Å². The fraction of sp³-hybridized carbons (Fsp3) is 0.900. The Bertz CT molecular complexity index is 205. The predicted molar refractivity (Wildman–Crippen MR) is 54.6 cm³/mol. The molecule has 1 rings (SSSR count). The van der Waals surface area contributed by atoms with Gasteiger partial charge in [0.25, 0.3) is 0 Å². The van der Waals surface area contributed by atoms with Gasteiger partial charge in [0.15, 0.2) is 5.79 Å². The van der Waals surface area contributed by atoms with Crippen LogP contribution in [0.15, 0.2) is 0 Å². The third-order valence-corrected chi connectivity index (χ3v) is 2.80. The quantitative estimate of drug-likeness (QED) is 0.667. The summed E-state index contributed by atoms with van der Waals surface area (Å²) in [5, 5.41) is 0. The molecular formula is C10H19NO4. The van der Waals surface area contributed by atoms with E-state index in [9.17, 15) is 4.79 Å². The van der Waals surface area contributed by atoms with Crippen LogP contribution >= 0.6 is 0 Å². The molecule has 1 aliphatic heterocycles. The first-order valence-corrected chi connectivity index (χ1v) is 5.19. The van der Waals surface area contributed by atoms with E-state index in [4.69, 9.17) is 14.2 Å². The second-order valence-corrected chi connectivity index (χ2v) is 3.50. The standard InChI is InChI=1S/C10H19NO4/c1-4-15-9(12)11-7-5-10(13-2,14-3)6-8-11/h4-8H2,1-3H3. The van der Waals surface area contributed by atoms with E-state index in [1.54, 1.807) is 26.0 Å². The minimum Gasteiger partial charge on any atom is -0.450 e. The van der Waals surface area contributed by atoms with Gasteiger partial charge in [0.2, 0.25) is 0 Å². The summed E-state index contributed by atoms with van der Waals surface area (Å²) in [6, 6.07) is 0. The Morgan fingerprint density at radius 1 is 1.27 bits per heavy atom. The molecule has 0 aromatic carbocycles. The number of hydrogen-bond donors (Lipinski definition) is 0. The van der Waals surface area contributed by atoms with Crippen LogP contribution in [0.2, 0.25) is 0 Å². The predicted octanol–water partition coefficient (Wildman–Crippen LogP) is 1.23. The number of amides is 1. The van der Waals surface area contributed by atoms with Crippen LogP contribution in [0.1, 0.15) is 19.8 Å². The van der Waals surface area contributed by atoms with E-state index >= 15 is 0 Å². The first kappa shape index (κ1) is 12.3. The highest BCUT2D eigenvalue weighted by atomic mass is 16.7. The minimum absolute atomic E-state index is 0.252. The van der Waals surface area contributed by atoms with Crippen molar-refractivity contribution in [1.29, 1.82) is 0 Å². The van der Waals surface area contributed by atoms with Crippen molar-refractivity contribution in [1.82, 2.24) is 4.90 Å². The number of carbonyl (C=O) groups excluding carboxylic acids is 1. The SMILES string of the molecule is CCOC(=O)N1CCC(OC)(OC)CC1. The van der Waals surface area contributed by atoms with Gasteiger partial charge in [0.05, 0.1) is 6.61 Å². The summed E-state index contributed by atoms with van der Waals surface area (Å²) in [5.41, 5.74) is 0. The Morgan fingerprint density at radius 3 is 2.20 bits per heavy atom. The number of carbonyl (C=O) groups is 1. The van der Waals surface area contributed by atoms with Crippen molar-refractivity contribution in [3.63, 3.8) is 0 Å². The van der Waals surface area contributed by atoms with Crippen molar-refractivity contribution in [2.75, 3.05) is 33.9 Å². The van der Waals surface area contributed by atoms with Gasteiger partial charge in [-0.25, -0.2) is 4.79 Å². The van der Waals surface area contributed by atoms with Crippen LogP contribution in [0.3, 0.4) is 0 Å². The average Bonchev–Trinajstić information content (AvgIpc) is 2.29. The monoisotopic (exact) mass is 217 g/mol. The zero-order valence-electron chi connectivity index (χ0n) is 9.62. The molecule has 0 unspecified atom stereocenters. The van der Waals surface area contributed by atoms with Gasteiger partial charge in [0, 0.05) is 40.2 Å². The molecule has 1 aliphatic rings. The normalized spacial score (nSPS) is 20.1. The Kier molecular flexibility index (Phi) is 4.35. The number of piperidine rings is 1. The Labute approximate surface area is 90.3 Å². The molecule has 0 atom stereocenters. The van der Waals surface area contributed by atoms with E-state index < -0.39 is 5.79 Å². The van der Waals surface area contributed by atoms with E-state index in [1.165, 1.54) is 0 Å².